The molecule has 0 fully saturated rings. The second kappa shape index (κ2) is 7.15. The molecule has 0 aliphatic heterocycles. The van der Waals surface area contributed by atoms with Crippen LogP contribution in [0.5, 0.6) is 0 Å². The number of hydrogen-bond donors (Lipinski definition) is 1. The number of alkyl halides is 1. The molecule has 0 aromatic heterocycles. The molecule has 0 saturated carbocycles. The molecule has 6 heteroatoms. The summed E-state index contributed by atoms with van der Waals surface area (Å²) in [5, 5.41) is 0.835. The third-order valence-electron chi connectivity index (χ3n) is 3.00. The van der Waals surface area contributed by atoms with E-state index in [0.717, 1.165) is 17.3 Å². The minimum Gasteiger partial charge on any atom is -0.207 e. The first-order valence-corrected chi connectivity index (χ1v) is 9.01. The van der Waals surface area contributed by atoms with Gasteiger partial charge in [-0.2, -0.15) is 0 Å². The van der Waals surface area contributed by atoms with Gasteiger partial charge < -0.3 is 0 Å². The van der Waals surface area contributed by atoms with Crippen molar-refractivity contribution in [2.45, 2.75) is 17.9 Å². The van der Waals surface area contributed by atoms with Crippen LogP contribution < -0.4 is 4.72 Å². The Kier molecular flexibility index (Phi) is 5.50. The van der Waals surface area contributed by atoms with Gasteiger partial charge in [-0.05, 0) is 41.8 Å². The summed E-state index contributed by atoms with van der Waals surface area (Å²) in [6, 6.07) is 12.5. The zero-order valence-corrected chi connectivity index (χ0v) is 13.6. The van der Waals surface area contributed by atoms with Crippen molar-refractivity contribution in [3.8, 4) is 0 Å². The number of aryl methyl sites for hydroxylation is 1. The van der Waals surface area contributed by atoms with Crippen LogP contribution >= 0.6 is 15.9 Å². The summed E-state index contributed by atoms with van der Waals surface area (Å²) < 4.78 is 39.6. The summed E-state index contributed by atoms with van der Waals surface area (Å²) in [5.41, 5.74) is 1.78. The number of benzene rings is 2. The zero-order valence-electron chi connectivity index (χ0n) is 11.2. The molecule has 0 saturated heterocycles. The molecule has 2 aromatic rings. The molecular formula is C15H15BrFNO2S. The van der Waals surface area contributed by atoms with E-state index in [9.17, 15) is 12.8 Å². The van der Waals surface area contributed by atoms with Crippen molar-refractivity contribution in [2.75, 3.05) is 5.33 Å². The van der Waals surface area contributed by atoms with Gasteiger partial charge in [0.05, 0.1) is 4.90 Å². The van der Waals surface area contributed by atoms with E-state index in [2.05, 4.69) is 20.7 Å². The molecule has 0 heterocycles. The molecule has 0 aliphatic rings. The molecule has 0 atom stereocenters. The topological polar surface area (TPSA) is 46.2 Å². The third kappa shape index (κ3) is 4.62. The van der Waals surface area contributed by atoms with Crippen LogP contribution in [0.4, 0.5) is 4.39 Å². The molecule has 3 nitrogen and oxygen atoms in total. The number of sulfonamides is 1. The van der Waals surface area contributed by atoms with Gasteiger partial charge in [0.2, 0.25) is 10.0 Å². The van der Waals surface area contributed by atoms with E-state index < -0.39 is 10.0 Å². The van der Waals surface area contributed by atoms with Crippen LogP contribution in [0.3, 0.4) is 0 Å². The summed E-state index contributed by atoms with van der Waals surface area (Å²) in [4.78, 5) is 0.225. The first kappa shape index (κ1) is 16.1. The molecule has 0 bridgehead atoms. The van der Waals surface area contributed by atoms with Crippen LogP contribution in [-0.4, -0.2) is 13.7 Å². The van der Waals surface area contributed by atoms with Gasteiger partial charge in [-0.3, -0.25) is 0 Å². The molecule has 0 spiro atoms. The van der Waals surface area contributed by atoms with E-state index in [1.165, 1.54) is 12.1 Å². The van der Waals surface area contributed by atoms with Crippen molar-refractivity contribution in [1.29, 1.82) is 0 Å². The van der Waals surface area contributed by atoms with E-state index in [1.807, 2.05) is 0 Å². The molecule has 0 unspecified atom stereocenters. The van der Waals surface area contributed by atoms with Crippen molar-refractivity contribution >= 4 is 26.0 Å². The highest BCUT2D eigenvalue weighted by Gasteiger charge is 2.13. The largest absolute Gasteiger partial charge is 0.240 e. The standard InChI is InChI=1S/C15H15BrFNO2S/c16-10-9-12-3-7-15(8-4-12)21(19,20)18-11-13-1-5-14(17)6-2-13/h1-8,18H,9-11H2. The van der Waals surface area contributed by atoms with Crippen molar-refractivity contribution in [3.63, 3.8) is 0 Å². The minimum atomic E-state index is -3.56. The number of rotatable bonds is 6. The van der Waals surface area contributed by atoms with Gasteiger partial charge in [0.1, 0.15) is 5.82 Å². The van der Waals surface area contributed by atoms with Crippen LogP contribution in [-0.2, 0) is 23.0 Å². The van der Waals surface area contributed by atoms with Crippen LogP contribution in [0.1, 0.15) is 11.1 Å². The molecule has 2 rings (SSSR count). The fourth-order valence-electron chi connectivity index (χ4n) is 1.81. The molecule has 0 amide bonds. The molecule has 0 radical (unpaired) electrons. The van der Waals surface area contributed by atoms with Gasteiger partial charge in [-0.25, -0.2) is 17.5 Å². The highest BCUT2D eigenvalue weighted by Crippen LogP contribution is 2.12. The fraction of sp³-hybridized carbons (Fsp3) is 0.200. The lowest BCUT2D eigenvalue weighted by Crippen LogP contribution is -2.23. The van der Waals surface area contributed by atoms with Gasteiger partial charge in [0.15, 0.2) is 0 Å². The van der Waals surface area contributed by atoms with Gasteiger partial charge >= 0.3 is 0 Å². The second-order valence-electron chi connectivity index (χ2n) is 4.53. The van der Waals surface area contributed by atoms with Crippen molar-refractivity contribution in [1.82, 2.24) is 4.72 Å². The average Bonchev–Trinajstić information content (AvgIpc) is 2.48. The third-order valence-corrected chi connectivity index (χ3v) is 4.81. The highest BCUT2D eigenvalue weighted by molar-refractivity contribution is 9.09. The summed E-state index contributed by atoms with van der Waals surface area (Å²) in [6.45, 7) is 0.131. The Morgan fingerprint density at radius 3 is 2.10 bits per heavy atom. The maximum atomic E-state index is 12.8. The Labute approximate surface area is 132 Å². The normalized spacial score (nSPS) is 11.5. The lowest BCUT2D eigenvalue weighted by atomic mass is 10.2. The molecule has 0 aliphatic carbocycles. The van der Waals surface area contributed by atoms with Crippen LogP contribution in [0, 0.1) is 5.82 Å². The Balaban J connectivity index is 2.05. The summed E-state index contributed by atoms with van der Waals surface area (Å²) in [7, 11) is -3.56. The predicted octanol–water partition coefficient (Wildman–Crippen LogP) is 3.24. The molecule has 2 aromatic carbocycles. The Morgan fingerprint density at radius 2 is 1.52 bits per heavy atom. The summed E-state index contributed by atoms with van der Waals surface area (Å²) in [5.74, 6) is -0.344. The van der Waals surface area contributed by atoms with Gasteiger partial charge in [-0.1, -0.05) is 40.2 Å². The monoisotopic (exact) mass is 371 g/mol. The smallest absolute Gasteiger partial charge is 0.207 e. The Hall–Kier alpha value is -1.24. The quantitative estimate of drug-likeness (QED) is 0.792. The second-order valence-corrected chi connectivity index (χ2v) is 7.09. The van der Waals surface area contributed by atoms with Gasteiger partial charge in [0.25, 0.3) is 0 Å². The van der Waals surface area contributed by atoms with Crippen LogP contribution in [0.25, 0.3) is 0 Å². The van der Waals surface area contributed by atoms with Crippen LogP contribution in [0.2, 0.25) is 0 Å². The van der Waals surface area contributed by atoms with Gasteiger partial charge in [0, 0.05) is 11.9 Å². The van der Waals surface area contributed by atoms with Crippen LogP contribution in [0.15, 0.2) is 53.4 Å². The Bertz CT molecular complexity index is 685. The minimum absolute atomic E-state index is 0.131. The van der Waals surface area contributed by atoms with E-state index in [1.54, 1.807) is 36.4 Å². The molecule has 1 N–H and O–H groups in total. The molecule has 112 valence electrons. The highest BCUT2D eigenvalue weighted by atomic mass is 79.9. The van der Waals surface area contributed by atoms with E-state index >= 15 is 0 Å². The Morgan fingerprint density at radius 1 is 0.952 bits per heavy atom. The predicted molar refractivity (Wildman–Crippen MR) is 84.4 cm³/mol. The van der Waals surface area contributed by atoms with Crippen molar-refractivity contribution < 1.29 is 12.8 Å². The fourth-order valence-corrected chi connectivity index (χ4v) is 3.28. The molecular weight excluding hydrogens is 357 g/mol. The number of nitrogens with one attached hydrogen (secondary N) is 1. The molecule has 21 heavy (non-hydrogen) atoms. The van der Waals surface area contributed by atoms with E-state index in [0.29, 0.717) is 5.56 Å². The average molecular weight is 372 g/mol. The summed E-state index contributed by atoms with van der Waals surface area (Å²) in [6.07, 6.45) is 0.851. The lowest BCUT2D eigenvalue weighted by molar-refractivity contribution is 0.581. The lowest BCUT2D eigenvalue weighted by Gasteiger charge is -2.07. The zero-order chi connectivity index (χ0) is 15.3. The van der Waals surface area contributed by atoms with Gasteiger partial charge in [-0.15, -0.1) is 0 Å². The van der Waals surface area contributed by atoms with Crippen molar-refractivity contribution in [3.05, 3.63) is 65.5 Å². The van der Waals surface area contributed by atoms with E-state index in [-0.39, 0.29) is 17.3 Å². The summed E-state index contributed by atoms with van der Waals surface area (Å²) >= 11 is 3.34. The van der Waals surface area contributed by atoms with E-state index in [4.69, 9.17) is 0 Å². The maximum Gasteiger partial charge on any atom is 0.240 e. The maximum absolute atomic E-state index is 12.8. The van der Waals surface area contributed by atoms with Crippen molar-refractivity contribution in [2.24, 2.45) is 0 Å². The first-order valence-electron chi connectivity index (χ1n) is 6.40. The SMILES string of the molecule is O=S(=O)(NCc1ccc(F)cc1)c1ccc(CCBr)cc1. The first-order chi connectivity index (χ1) is 10.0. The number of hydrogen-bond acceptors (Lipinski definition) is 2. The number of halogens is 2.